The van der Waals surface area contributed by atoms with Crippen molar-refractivity contribution in [2.75, 3.05) is 13.7 Å². The Hall–Kier alpha value is -1.06. The molecule has 4 heteroatoms. The minimum Gasteiger partial charge on any atom is -0.496 e. The van der Waals surface area contributed by atoms with Crippen LogP contribution in [0.3, 0.4) is 0 Å². The highest BCUT2D eigenvalue weighted by atomic mass is 35.5. The highest BCUT2D eigenvalue weighted by Crippen LogP contribution is 2.28. The molecule has 1 aromatic rings. The molecule has 0 heterocycles. The van der Waals surface area contributed by atoms with E-state index in [9.17, 15) is 4.79 Å². The van der Waals surface area contributed by atoms with E-state index in [1.54, 1.807) is 25.3 Å². The maximum Gasteiger partial charge on any atom is 0.166 e. The number of rotatable bonds is 6. The summed E-state index contributed by atoms with van der Waals surface area (Å²) in [6, 6.07) is 5.29. The summed E-state index contributed by atoms with van der Waals surface area (Å²) >= 11 is 5.99. The summed E-state index contributed by atoms with van der Waals surface area (Å²) in [5.41, 5.74) is 0.553. The Labute approximate surface area is 126 Å². The van der Waals surface area contributed by atoms with Gasteiger partial charge in [0.2, 0.25) is 0 Å². The van der Waals surface area contributed by atoms with Gasteiger partial charge >= 0.3 is 0 Å². The van der Waals surface area contributed by atoms with Gasteiger partial charge in [0, 0.05) is 23.6 Å². The van der Waals surface area contributed by atoms with Crippen LogP contribution in [0.5, 0.6) is 5.75 Å². The van der Waals surface area contributed by atoms with Crippen LogP contribution in [0.4, 0.5) is 0 Å². The van der Waals surface area contributed by atoms with E-state index < -0.39 is 6.10 Å². The number of hydrogen-bond donors (Lipinski definition) is 0. The van der Waals surface area contributed by atoms with Crippen molar-refractivity contribution in [1.82, 2.24) is 0 Å². The fraction of sp³-hybridized carbons (Fsp3) is 0.562. The Morgan fingerprint density at radius 2 is 2.00 bits per heavy atom. The normalized spacial score (nSPS) is 13.1. The predicted molar refractivity (Wildman–Crippen MR) is 81.6 cm³/mol. The third kappa shape index (κ3) is 4.50. The van der Waals surface area contributed by atoms with Crippen molar-refractivity contribution in [2.45, 2.75) is 40.2 Å². The second-order valence-electron chi connectivity index (χ2n) is 5.80. The van der Waals surface area contributed by atoms with E-state index in [2.05, 4.69) is 0 Å². The molecule has 0 saturated carbocycles. The molecule has 3 nitrogen and oxygen atoms in total. The first-order chi connectivity index (χ1) is 9.29. The second kappa shape index (κ2) is 7.09. The quantitative estimate of drug-likeness (QED) is 0.799. The fourth-order valence-corrected chi connectivity index (χ4v) is 2.35. The van der Waals surface area contributed by atoms with Crippen molar-refractivity contribution in [3.63, 3.8) is 0 Å². The standard InChI is InChI=1S/C16H23ClO3/c1-6-20-15(16(2,3)4)13(18)10-11-9-12(17)7-8-14(11)19-5/h7-9,15H,6,10H2,1-5H3. The van der Waals surface area contributed by atoms with E-state index in [0.717, 1.165) is 5.56 Å². The molecule has 1 aromatic carbocycles. The molecule has 0 aliphatic carbocycles. The molecule has 0 aromatic heterocycles. The van der Waals surface area contributed by atoms with Crippen molar-refractivity contribution in [3.8, 4) is 5.75 Å². The van der Waals surface area contributed by atoms with Crippen LogP contribution < -0.4 is 4.74 Å². The van der Waals surface area contributed by atoms with Crippen LogP contribution in [0.25, 0.3) is 0 Å². The molecule has 0 N–H and O–H groups in total. The molecule has 112 valence electrons. The molecule has 1 rings (SSSR count). The van der Waals surface area contributed by atoms with Crippen LogP contribution in [-0.2, 0) is 16.0 Å². The molecular weight excluding hydrogens is 276 g/mol. The van der Waals surface area contributed by atoms with Crippen molar-refractivity contribution in [1.29, 1.82) is 0 Å². The van der Waals surface area contributed by atoms with Crippen LogP contribution in [0.2, 0.25) is 5.02 Å². The molecule has 0 bridgehead atoms. The number of carbonyl (C=O) groups is 1. The molecule has 1 unspecified atom stereocenters. The first-order valence-corrected chi connectivity index (χ1v) is 7.14. The van der Waals surface area contributed by atoms with Gasteiger partial charge < -0.3 is 9.47 Å². The van der Waals surface area contributed by atoms with Gasteiger partial charge in [-0.2, -0.15) is 0 Å². The molecule has 0 spiro atoms. The third-order valence-corrected chi connectivity index (χ3v) is 3.25. The number of benzene rings is 1. The molecule has 0 aliphatic rings. The molecule has 0 aliphatic heterocycles. The van der Waals surface area contributed by atoms with Crippen LogP contribution in [0.1, 0.15) is 33.3 Å². The average molecular weight is 299 g/mol. The van der Waals surface area contributed by atoms with Crippen molar-refractivity contribution < 1.29 is 14.3 Å². The zero-order valence-corrected chi connectivity index (χ0v) is 13.6. The van der Waals surface area contributed by atoms with E-state index >= 15 is 0 Å². The number of ketones is 1. The lowest BCUT2D eigenvalue weighted by atomic mass is 9.84. The number of halogens is 1. The zero-order chi connectivity index (χ0) is 15.3. The molecule has 0 radical (unpaired) electrons. The van der Waals surface area contributed by atoms with E-state index in [1.807, 2.05) is 27.7 Å². The second-order valence-corrected chi connectivity index (χ2v) is 6.24. The minimum atomic E-state index is -0.434. The molecule has 0 fully saturated rings. The number of ether oxygens (including phenoxy) is 2. The van der Waals surface area contributed by atoms with Crippen molar-refractivity contribution in [3.05, 3.63) is 28.8 Å². The Kier molecular flexibility index (Phi) is 6.03. The molecule has 0 amide bonds. The van der Waals surface area contributed by atoms with Crippen LogP contribution in [-0.4, -0.2) is 25.6 Å². The van der Waals surface area contributed by atoms with Crippen molar-refractivity contribution >= 4 is 17.4 Å². The minimum absolute atomic E-state index is 0.0416. The lowest BCUT2D eigenvalue weighted by Crippen LogP contribution is -2.38. The van der Waals surface area contributed by atoms with Gasteiger partial charge in [-0.25, -0.2) is 0 Å². The van der Waals surface area contributed by atoms with Crippen molar-refractivity contribution in [2.24, 2.45) is 5.41 Å². The number of methoxy groups -OCH3 is 1. The summed E-state index contributed by atoms with van der Waals surface area (Å²) in [5, 5.41) is 0.595. The summed E-state index contributed by atoms with van der Waals surface area (Å²) in [7, 11) is 1.58. The Balaban J connectivity index is 2.96. The molecule has 0 saturated heterocycles. The Morgan fingerprint density at radius 1 is 1.35 bits per heavy atom. The average Bonchev–Trinajstić information content (AvgIpc) is 2.34. The van der Waals surface area contributed by atoms with Gasteiger partial charge in [-0.15, -0.1) is 0 Å². The number of carbonyl (C=O) groups excluding carboxylic acids is 1. The van der Waals surface area contributed by atoms with Crippen LogP contribution >= 0.6 is 11.6 Å². The third-order valence-electron chi connectivity index (χ3n) is 3.02. The topological polar surface area (TPSA) is 35.5 Å². The zero-order valence-electron chi connectivity index (χ0n) is 12.8. The molecule has 1 atom stereocenters. The van der Waals surface area contributed by atoms with Crippen LogP contribution in [0.15, 0.2) is 18.2 Å². The van der Waals surface area contributed by atoms with E-state index in [0.29, 0.717) is 17.4 Å². The maximum atomic E-state index is 12.5. The summed E-state index contributed by atoms with van der Waals surface area (Å²) in [4.78, 5) is 12.5. The highest BCUT2D eigenvalue weighted by Gasteiger charge is 2.32. The molecule has 20 heavy (non-hydrogen) atoms. The van der Waals surface area contributed by atoms with Gasteiger partial charge in [-0.1, -0.05) is 32.4 Å². The van der Waals surface area contributed by atoms with Gasteiger partial charge in [-0.05, 0) is 30.5 Å². The summed E-state index contributed by atoms with van der Waals surface area (Å²) in [6.07, 6.45) is -0.178. The molecular formula is C16H23ClO3. The van der Waals surface area contributed by atoms with Crippen LogP contribution in [0, 0.1) is 5.41 Å². The maximum absolute atomic E-state index is 12.5. The number of hydrogen-bond acceptors (Lipinski definition) is 3. The van der Waals surface area contributed by atoms with E-state index in [-0.39, 0.29) is 17.6 Å². The van der Waals surface area contributed by atoms with Gasteiger partial charge in [-0.3, -0.25) is 4.79 Å². The largest absolute Gasteiger partial charge is 0.496 e. The Morgan fingerprint density at radius 3 is 2.50 bits per heavy atom. The predicted octanol–water partition coefficient (Wildman–Crippen LogP) is 3.91. The van der Waals surface area contributed by atoms with Gasteiger partial charge in [0.15, 0.2) is 5.78 Å². The first kappa shape index (κ1) is 17.0. The first-order valence-electron chi connectivity index (χ1n) is 6.76. The SMILES string of the molecule is CCOC(C(=O)Cc1cc(Cl)ccc1OC)C(C)(C)C. The lowest BCUT2D eigenvalue weighted by molar-refractivity contribution is -0.136. The number of Topliss-reactive ketones (excluding diaryl/α,β-unsaturated/α-hetero) is 1. The van der Waals surface area contributed by atoms with E-state index in [1.165, 1.54) is 0 Å². The summed E-state index contributed by atoms with van der Waals surface area (Å²) in [6.45, 7) is 8.41. The van der Waals surface area contributed by atoms with Gasteiger partial charge in [0.1, 0.15) is 11.9 Å². The monoisotopic (exact) mass is 298 g/mol. The smallest absolute Gasteiger partial charge is 0.166 e. The summed E-state index contributed by atoms with van der Waals surface area (Å²) < 4.78 is 10.9. The summed E-state index contributed by atoms with van der Waals surface area (Å²) in [5.74, 6) is 0.715. The van der Waals surface area contributed by atoms with E-state index in [4.69, 9.17) is 21.1 Å². The highest BCUT2D eigenvalue weighted by molar-refractivity contribution is 6.30. The Bertz CT molecular complexity index is 463. The van der Waals surface area contributed by atoms with Gasteiger partial charge in [0.25, 0.3) is 0 Å². The lowest BCUT2D eigenvalue weighted by Gasteiger charge is -2.29. The fourth-order valence-electron chi connectivity index (χ4n) is 2.16. The van der Waals surface area contributed by atoms with Gasteiger partial charge in [0.05, 0.1) is 7.11 Å².